The molecule has 0 bridgehead atoms. The summed E-state index contributed by atoms with van der Waals surface area (Å²) >= 11 is 3.43. The second kappa shape index (κ2) is 7.51. The molecular weight excluding hydrogens is 363 g/mol. The standard InChI is InChI=1S/C17H24BrFN2O2/c1-17(2,3)23-16(22)21-9-4-5-13(8-10-21)20-15-11-12(19)6-7-14(15)18/h6-7,11,13,20H,4-5,8-10H2,1-3H3. The van der Waals surface area contributed by atoms with Crippen molar-refractivity contribution < 1.29 is 13.9 Å². The molecule has 2 rings (SSSR count). The van der Waals surface area contributed by atoms with Crippen molar-refractivity contribution in [2.45, 2.75) is 51.7 Å². The lowest BCUT2D eigenvalue weighted by atomic mass is 10.1. The maximum Gasteiger partial charge on any atom is 0.410 e. The molecule has 128 valence electrons. The maximum atomic E-state index is 13.4. The summed E-state index contributed by atoms with van der Waals surface area (Å²) in [6.45, 7) is 6.94. The molecular formula is C17H24BrFN2O2. The minimum Gasteiger partial charge on any atom is -0.444 e. The van der Waals surface area contributed by atoms with Crippen LogP contribution in [0.25, 0.3) is 0 Å². The van der Waals surface area contributed by atoms with Gasteiger partial charge in [0.05, 0.1) is 5.69 Å². The van der Waals surface area contributed by atoms with Crippen LogP contribution in [0.5, 0.6) is 0 Å². The zero-order valence-corrected chi connectivity index (χ0v) is 15.5. The second-order valence-corrected chi connectivity index (χ2v) is 7.72. The largest absolute Gasteiger partial charge is 0.444 e. The highest BCUT2D eigenvalue weighted by Crippen LogP contribution is 2.26. The van der Waals surface area contributed by atoms with Crippen molar-refractivity contribution in [3.8, 4) is 0 Å². The molecule has 0 aliphatic carbocycles. The molecule has 1 saturated heterocycles. The Morgan fingerprint density at radius 1 is 1.35 bits per heavy atom. The summed E-state index contributed by atoms with van der Waals surface area (Å²) in [5.41, 5.74) is 0.272. The van der Waals surface area contributed by atoms with Gasteiger partial charge in [-0.15, -0.1) is 0 Å². The fourth-order valence-corrected chi connectivity index (χ4v) is 2.94. The highest BCUT2D eigenvalue weighted by atomic mass is 79.9. The molecule has 6 heteroatoms. The molecule has 4 nitrogen and oxygen atoms in total. The van der Waals surface area contributed by atoms with Gasteiger partial charge in [-0.05, 0) is 74.2 Å². The number of benzene rings is 1. The van der Waals surface area contributed by atoms with Gasteiger partial charge < -0.3 is 15.0 Å². The lowest BCUT2D eigenvalue weighted by molar-refractivity contribution is 0.0256. The van der Waals surface area contributed by atoms with E-state index in [1.54, 1.807) is 11.0 Å². The minimum absolute atomic E-state index is 0.209. The lowest BCUT2D eigenvalue weighted by Gasteiger charge is -2.26. The van der Waals surface area contributed by atoms with E-state index >= 15 is 0 Å². The van der Waals surface area contributed by atoms with Crippen LogP contribution >= 0.6 is 15.9 Å². The van der Waals surface area contributed by atoms with Gasteiger partial charge in [-0.1, -0.05) is 0 Å². The Balaban J connectivity index is 1.93. The third kappa shape index (κ3) is 5.68. The summed E-state index contributed by atoms with van der Waals surface area (Å²) in [6, 6.07) is 4.81. The summed E-state index contributed by atoms with van der Waals surface area (Å²) in [4.78, 5) is 13.9. The van der Waals surface area contributed by atoms with Crippen molar-refractivity contribution >= 4 is 27.7 Å². The lowest BCUT2D eigenvalue weighted by Crippen LogP contribution is -2.37. The number of carbonyl (C=O) groups is 1. The van der Waals surface area contributed by atoms with Crippen molar-refractivity contribution in [3.63, 3.8) is 0 Å². The van der Waals surface area contributed by atoms with Crippen LogP contribution in [0.1, 0.15) is 40.0 Å². The number of hydrogen-bond donors (Lipinski definition) is 1. The van der Waals surface area contributed by atoms with Crippen LogP contribution in [0, 0.1) is 5.82 Å². The fourth-order valence-electron chi connectivity index (χ4n) is 2.58. The van der Waals surface area contributed by atoms with Crippen LogP contribution in [0.4, 0.5) is 14.9 Å². The number of halogens is 2. The molecule has 1 unspecified atom stereocenters. The SMILES string of the molecule is CC(C)(C)OC(=O)N1CCCC(Nc2cc(F)ccc2Br)CC1. The molecule has 1 atom stereocenters. The zero-order valence-electron chi connectivity index (χ0n) is 13.9. The number of nitrogens with zero attached hydrogens (tertiary/aromatic N) is 1. The van der Waals surface area contributed by atoms with E-state index in [0.717, 1.165) is 29.4 Å². The Bertz CT molecular complexity index is 560. The highest BCUT2D eigenvalue weighted by molar-refractivity contribution is 9.10. The van der Waals surface area contributed by atoms with Crippen LogP contribution in [0.15, 0.2) is 22.7 Å². The average molecular weight is 387 g/mol. The van der Waals surface area contributed by atoms with Crippen LogP contribution < -0.4 is 5.32 Å². The van der Waals surface area contributed by atoms with Gasteiger partial charge in [-0.3, -0.25) is 0 Å². The van der Waals surface area contributed by atoms with E-state index in [0.29, 0.717) is 13.1 Å². The zero-order chi connectivity index (χ0) is 17.0. The van der Waals surface area contributed by atoms with E-state index in [2.05, 4.69) is 21.2 Å². The van der Waals surface area contributed by atoms with E-state index in [-0.39, 0.29) is 18.0 Å². The summed E-state index contributed by atoms with van der Waals surface area (Å²) in [6.07, 6.45) is 2.37. The first-order chi connectivity index (χ1) is 10.7. The summed E-state index contributed by atoms with van der Waals surface area (Å²) in [5, 5.41) is 3.37. The van der Waals surface area contributed by atoms with Crippen LogP contribution in [0.2, 0.25) is 0 Å². The van der Waals surface area contributed by atoms with E-state index in [4.69, 9.17) is 4.74 Å². The third-order valence-corrected chi connectivity index (χ3v) is 4.36. The first-order valence-corrected chi connectivity index (χ1v) is 8.73. The summed E-state index contributed by atoms with van der Waals surface area (Å²) in [5.74, 6) is -0.264. The number of hydrogen-bond acceptors (Lipinski definition) is 3. The maximum absolute atomic E-state index is 13.4. The average Bonchev–Trinajstić information content (AvgIpc) is 2.67. The van der Waals surface area contributed by atoms with Crippen molar-refractivity contribution in [1.82, 2.24) is 4.90 Å². The smallest absolute Gasteiger partial charge is 0.410 e. The molecule has 1 aromatic carbocycles. The second-order valence-electron chi connectivity index (χ2n) is 6.86. The molecule has 0 aromatic heterocycles. The third-order valence-electron chi connectivity index (χ3n) is 3.67. The molecule has 0 saturated carbocycles. The number of amides is 1. The quantitative estimate of drug-likeness (QED) is 0.794. The first-order valence-electron chi connectivity index (χ1n) is 7.94. The predicted octanol–water partition coefficient (Wildman–Crippen LogP) is 4.79. The van der Waals surface area contributed by atoms with Crippen molar-refractivity contribution in [2.24, 2.45) is 0 Å². The Morgan fingerprint density at radius 3 is 2.78 bits per heavy atom. The van der Waals surface area contributed by atoms with E-state index in [9.17, 15) is 9.18 Å². The number of anilines is 1. The van der Waals surface area contributed by atoms with Gasteiger partial charge in [0.2, 0.25) is 0 Å². The van der Waals surface area contributed by atoms with Crippen molar-refractivity contribution in [2.75, 3.05) is 18.4 Å². The molecule has 1 aliphatic rings. The molecule has 1 fully saturated rings. The van der Waals surface area contributed by atoms with Gasteiger partial charge in [-0.25, -0.2) is 9.18 Å². The van der Waals surface area contributed by atoms with Gasteiger partial charge in [0.15, 0.2) is 0 Å². The van der Waals surface area contributed by atoms with Crippen molar-refractivity contribution in [3.05, 3.63) is 28.5 Å². The molecule has 1 heterocycles. The Labute approximate surface area is 145 Å². The molecule has 1 amide bonds. The molecule has 1 aliphatic heterocycles. The Hall–Kier alpha value is -1.30. The minimum atomic E-state index is -0.479. The first kappa shape index (κ1) is 18.0. The van der Waals surface area contributed by atoms with Gasteiger partial charge in [-0.2, -0.15) is 0 Å². The van der Waals surface area contributed by atoms with E-state index in [1.807, 2.05) is 20.8 Å². The monoisotopic (exact) mass is 386 g/mol. The van der Waals surface area contributed by atoms with Gasteiger partial charge >= 0.3 is 6.09 Å². The predicted molar refractivity (Wildman–Crippen MR) is 93.2 cm³/mol. The number of likely N-dealkylation sites (tertiary alicyclic amines) is 1. The van der Waals surface area contributed by atoms with Crippen LogP contribution in [-0.4, -0.2) is 35.7 Å². The number of carbonyl (C=O) groups excluding carboxylic acids is 1. The summed E-state index contributed by atoms with van der Waals surface area (Å²) < 4.78 is 19.6. The van der Waals surface area contributed by atoms with Crippen LogP contribution in [-0.2, 0) is 4.74 Å². The summed E-state index contributed by atoms with van der Waals surface area (Å²) in [7, 11) is 0. The highest BCUT2D eigenvalue weighted by Gasteiger charge is 2.25. The number of nitrogens with one attached hydrogen (secondary N) is 1. The van der Waals surface area contributed by atoms with Gasteiger partial charge in [0, 0.05) is 23.6 Å². The molecule has 0 spiro atoms. The Kier molecular flexibility index (Phi) is 5.89. The van der Waals surface area contributed by atoms with Gasteiger partial charge in [0.25, 0.3) is 0 Å². The molecule has 1 N–H and O–H groups in total. The molecule has 0 radical (unpaired) electrons. The van der Waals surface area contributed by atoms with Crippen LogP contribution in [0.3, 0.4) is 0 Å². The van der Waals surface area contributed by atoms with Crippen molar-refractivity contribution in [1.29, 1.82) is 0 Å². The normalized spacial score (nSPS) is 19.2. The fraction of sp³-hybridized carbons (Fsp3) is 0.588. The topological polar surface area (TPSA) is 41.6 Å². The number of ether oxygens (including phenoxy) is 1. The molecule has 23 heavy (non-hydrogen) atoms. The Morgan fingerprint density at radius 2 is 2.09 bits per heavy atom. The van der Waals surface area contributed by atoms with E-state index < -0.39 is 5.60 Å². The van der Waals surface area contributed by atoms with E-state index in [1.165, 1.54) is 12.1 Å². The molecule has 1 aromatic rings. The van der Waals surface area contributed by atoms with Gasteiger partial charge in [0.1, 0.15) is 11.4 Å². The number of rotatable bonds is 2.